The van der Waals surface area contributed by atoms with Crippen LogP contribution in [0.15, 0.2) is 96.8 Å². The first-order valence-electron chi connectivity index (χ1n) is 12.2. The quantitative estimate of drug-likeness (QED) is 0.415. The summed E-state index contributed by atoms with van der Waals surface area (Å²) in [5.74, 6) is -0.0334. The summed E-state index contributed by atoms with van der Waals surface area (Å²) in [5.41, 5.74) is 15.0. The molecule has 1 aromatic heterocycles. The lowest BCUT2D eigenvalue weighted by atomic mass is 9.88. The predicted octanol–water partition coefficient (Wildman–Crippen LogP) is 7.11. The lowest BCUT2D eigenvalue weighted by molar-refractivity contribution is 0.599. The van der Waals surface area contributed by atoms with Crippen molar-refractivity contribution in [1.29, 1.82) is 5.41 Å². The van der Waals surface area contributed by atoms with Gasteiger partial charge in [-0.3, -0.25) is 0 Å². The van der Waals surface area contributed by atoms with E-state index in [0.717, 1.165) is 36.9 Å². The normalized spacial score (nSPS) is 21.0. The molecular formula is C31H29N3. The van der Waals surface area contributed by atoms with Gasteiger partial charge in [-0.2, -0.15) is 0 Å². The minimum atomic E-state index is -0.0334. The van der Waals surface area contributed by atoms with Crippen molar-refractivity contribution in [2.75, 3.05) is 0 Å². The van der Waals surface area contributed by atoms with Crippen LogP contribution in [-0.2, 0) is 6.42 Å². The van der Waals surface area contributed by atoms with Crippen LogP contribution in [0.3, 0.4) is 0 Å². The highest BCUT2D eigenvalue weighted by molar-refractivity contribution is 6.02. The Hall–Kier alpha value is -3.85. The number of hydrogen-bond donors (Lipinski definition) is 2. The zero-order chi connectivity index (χ0) is 23.1. The maximum Gasteiger partial charge on any atom is 0.0557 e. The molecule has 34 heavy (non-hydrogen) atoms. The lowest BCUT2D eigenvalue weighted by Gasteiger charge is -2.21. The summed E-state index contributed by atoms with van der Waals surface area (Å²) in [7, 11) is 0. The zero-order valence-electron chi connectivity index (χ0n) is 19.2. The van der Waals surface area contributed by atoms with E-state index in [1.807, 2.05) is 12.2 Å². The molecule has 0 aliphatic heterocycles. The maximum atomic E-state index is 8.67. The van der Waals surface area contributed by atoms with E-state index in [0.29, 0.717) is 11.8 Å². The molecule has 168 valence electrons. The predicted molar refractivity (Wildman–Crippen MR) is 143 cm³/mol. The van der Waals surface area contributed by atoms with Gasteiger partial charge in [0.2, 0.25) is 0 Å². The van der Waals surface area contributed by atoms with E-state index < -0.39 is 0 Å². The molecule has 3 nitrogen and oxygen atoms in total. The molecule has 2 unspecified atom stereocenters. The number of hydrogen-bond acceptors (Lipinski definition) is 2. The van der Waals surface area contributed by atoms with Crippen molar-refractivity contribution in [3.63, 3.8) is 0 Å². The molecule has 0 radical (unpaired) electrons. The Bertz CT molecular complexity index is 1420. The number of nitrogens with zero attached hydrogens (tertiary/aromatic N) is 1. The average Bonchev–Trinajstić information content (AvgIpc) is 3.23. The Morgan fingerprint density at radius 2 is 1.74 bits per heavy atom. The third-order valence-corrected chi connectivity index (χ3v) is 7.35. The average molecular weight is 444 g/mol. The second-order valence-electron chi connectivity index (χ2n) is 9.39. The van der Waals surface area contributed by atoms with Crippen LogP contribution in [0.2, 0.25) is 0 Å². The van der Waals surface area contributed by atoms with E-state index in [1.54, 1.807) is 0 Å². The minimum Gasteiger partial charge on any atom is -0.401 e. The summed E-state index contributed by atoms with van der Waals surface area (Å²) < 4.78 is 2.55. The third-order valence-electron chi connectivity index (χ3n) is 7.35. The summed E-state index contributed by atoms with van der Waals surface area (Å²) in [4.78, 5) is 0. The van der Waals surface area contributed by atoms with E-state index in [9.17, 15) is 0 Å². The van der Waals surface area contributed by atoms with Crippen LogP contribution in [-0.4, -0.2) is 10.3 Å². The molecule has 0 spiro atoms. The van der Waals surface area contributed by atoms with Crippen LogP contribution in [0.25, 0.3) is 28.1 Å². The monoisotopic (exact) mass is 443 g/mol. The van der Waals surface area contributed by atoms with Crippen LogP contribution in [0.5, 0.6) is 0 Å². The minimum absolute atomic E-state index is 0.0334. The highest BCUT2D eigenvalue weighted by atomic mass is 15.0. The maximum absolute atomic E-state index is 8.67. The van der Waals surface area contributed by atoms with Gasteiger partial charge in [-0.1, -0.05) is 78.9 Å². The first-order chi connectivity index (χ1) is 16.7. The van der Waals surface area contributed by atoms with Crippen LogP contribution in [0, 0.1) is 11.3 Å². The molecule has 0 fully saturated rings. The largest absolute Gasteiger partial charge is 0.401 e. The van der Waals surface area contributed by atoms with Crippen molar-refractivity contribution >= 4 is 22.7 Å². The first kappa shape index (κ1) is 20.7. The Morgan fingerprint density at radius 3 is 2.53 bits per heavy atom. The van der Waals surface area contributed by atoms with E-state index in [1.165, 1.54) is 33.3 Å². The first-order valence-corrected chi connectivity index (χ1v) is 12.2. The summed E-state index contributed by atoms with van der Waals surface area (Å²) in [5, 5.41) is 10.00. The smallest absolute Gasteiger partial charge is 0.0557 e. The molecule has 2 atom stereocenters. The fourth-order valence-electron chi connectivity index (χ4n) is 5.55. The van der Waals surface area contributed by atoms with Crippen molar-refractivity contribution in [2.24, 2.45) is 11.7 Å². The second kappa shape index (κ2) is 8.49. The molecule has 0 saturated carbocycles. The highest BCUT2D eigenvalue weighted by Crippen LogP contribution is 2.38. The molecule has 2 aromatic carbocycles. The number of fused-ring (bicyclic) bond motifs is 3. The Morgan fingerprint density at radius 1 is 0.912 bits per heavy atom. The van der Waals surface area contributed by atoms with Gasteiger partial charge in [0.05, 0.1) is 6.04 Å². The van der Waals surface area contributed by atoms with Crippen molar-refractivity contribution < 1.29 is 0 Å². The van der Waals surface area contributed by atoms with Gasteiger partial charge in [0.1, 0.15) is 0 Å². The van der Waals surface area contributed by atoms with Crippen molar-refractivity contribution in [2.45, 2.75) is 31.7 Å². The molecule has 3 heteroatoms. The number of benzene rings is 2. The Labute approximate surface area is 200 Å². The fraction of sp³-hybridized carbons (Fsp3) is 0.194. The molecule has 3 aliphatic rings. The van der Waals surface area contributed by atoms with Gasteiger partial charge >= 0.3 is 0 Å². The molecule has 3 aliphatic carbocycles. The van der Waals surface area contributed by atoms with E-state index >= 15 is 0 Å². The topological polar surface area (TPSA) is 54.8 Å². The molecule has 0 bridgehead atoms. The van der Waals surface area contributed by atoms with E-state index in [4.69, 9.17) is 11.1 Å². The molecule has 0 saturated heterocycles. The summed E-state index contributed by atoms with van der Waals surface area (Å²) >= 11 is 0. The van der Waals surface area contributed by atoms with Gasteiger partial charge < -0.3 is 15.7 Å². The van der Waals surface area contributed by atoms with Crippen LogP contribution >= 0.6 is 0 Å². The molecule has 1 heterocycles. The standard InChI is InChI=1S/C31H29N3/c32-28-12-6-4-11-26(28)31(33)22-16-14-21(15-17-22)23-18-19-30-27(20-23)25-10-5-7-13-29(25)34(30)24-8-2-1-3-9-24/h1-6,8,10,12,14-20,24,26,33H,7,9,11,13,32H2. The number of aromatic nitrogens is 1. The summed E-state index contributed by atoms with van der Waals surface area (Å²) in [6.45, 7) is 0. The molecular weight excluding hydrogens is 414 g/mol. The molecule has 3 aromatic rings. The SMILES string of the molecule is N=C(c1ccc(-c2ccc3c(c2)c2c(n3C3C=CC=CC3)CCC=C2)cc1)C1CC=CC=C1N. The van der Waals surface area contributed by atoms with Crippen LogP contribution in [0.4, 0.5) is 0 Å². The van der Waals surface area contributed by atoms with E-state index in [2.05, 4.69) is 89.6 Å². The van der Waals surface area contributed by atoms with Gasteiger partial charge in [-0.05, 0) is 60.6 Å². The molecule has 3 N–H and O–H groups in total. The summed E-state index contributed by atoms with van der Waals surface area (Å²) in [6, 6.07) is 15.7. The van der Waals surface area contributed by atoms with Crippen LogP contribution in [0.1, 0.15) is 42.1 Å². The Balaban J connectivity index is 1.36. The van der Waals surface area contributed by atoms with Crippen molar-refractivity contribution in [1.82, 2.24) is 4.57 Å². The van der Waals surface area contributed by atoms with Crippen LogP contribution < -0.4 is 5.73 Å². The van der Waals surface area contributed by atoms with Crippen molar-refractivity contribution in [3.05, 3.63) is 114 Å². The van der Waals surface area contributed by atoms with Gasteiger partial charge in [0, 0.05) is 39.5 Å². The third kappa shape index (κ3) is 3.49. The number of nitrogens with two attached hydrogens (primary N) is 1. The van der Waals surface area contributed by atoms with Gasteiger partial charge in [-0.25, -0.2) is 0 Å². The number of nitrogens with one attached hydrogen (secondary N) is 1. The lowest BCUT2D eigenvalue weighted by Crippen LogP contribution is -2.22. The number of allylic oxidation sites excluding steroid dienone is 9. The number of rotatable bonds is 4. The second-order valence-corrected chi connectivity index (χ2v) is 9.39. The molecule has 0 amide bonds. The van der Waals surface area contributed by atoms with E-state index in [-0.39, 0.29) is 5.92 Å². The van der Waals surface area contributed by atoms with Gasteiger partial charge in [0.25, 0.3) is 0 Å². The van der Waals surface area contributed by atoms with Gasteiger partial charge in [0.15, 0.2) is 0 Å². The highest BCUT2D eigenvalue weighted by Gasteiger charge is 2.22. The van der Waals surface area contributed by atoms with Gasteiger partial charge in [-0.15, -0.1) is 0 Å². The Kier molecular flexibility index (Phi) is 5.18. The van der Waals surface area contributed by atoms with Crippen molar-refractivity contribution in [3.8, 4) is 11.1 Å². The fourth-order valence-corrected chi connectivity index (χ4v) is 5.55. The molecule has 6 rings (SSSR count). The summed E-state index contributed by atoms with van der Waals surface area (Å²) in [6.07, 6.45) is 23.5. The zero-order valence-corrected chi connectivity index (χ0v) is 19.2.